The van der Waals surface area contributed by atoms with Crippen LogP contribution in [0, 0.1) is 0 Å². The molecular formula is C14H22N4O4S. The molecule has 1 unspecified atom stereocenters. The molecule has 9 heteroatoms. The number of anilines is 1. The Morgan fingerprint density at radius 3 is 3.00 bits per heavy atom. The Labute approximate surface area is 136 Å². The lowest BCUT2D eigenvalue weighted by atomic mass is 10.2. The van der Waals surface area contributed by atoms with Crippen molar-refractivity contribution < 1.29 is 17.9 Å². The zero-order valence-corrected chi connectivity index (χ0v) is 14.1. The molecule has 1 amide bonds. The molecule has 23 heavy (non-hydrogen) atoms. The quantitative estimate of drug-likeness (QED) is 0.749. The maximum atomic E-state index is 11.8. The van der Waals surface area contributed by atoms with Gasteiger partial charge in [0.2, 0.25) is 10.0 Å². The summed E-state index contributed by atoms with van der Waals surface area (Å²) in [7, 11) is -3.21. The van der Waals surface area contributed by atoms with Crippen molar-refractivity contribution in [3.63, 3.8) is 0 Å². The number of hydrogen-bond acceptors (Lipinski definition) is 6. The van der Waals surface area contributed by atoms with E-state index >= 15 is 0 Å². The van der Waals surface area contributed by atoms with Crippen molar-refractivity contribution in [2.24, 2.45) is 0 Å². The minimum Gasteiger partial charge on any atom is -0.374 e. The van der Waals surface area contributed by atoms with E-state index < -0.39 is 10.0 Å². The number of aromatic nitrogens is 1. The van der Waals surface area contributed by atoms with Gasteiger partial charge in [-0.2, -0.15) is 4.31 Å². The lowest BCUT2D eigenvalue weighted by Gasteiger charge is -2.31. The Kier molecular flexibility index (Phi) is 5.91. The predicted molar refractivity (Wildman–Crippen MR) is 86.9 cm³/mol. The predicted octanol–water partition coefficient (Wildman–Crippen LogP) is -0.0964. The molecule has 2 rings (SSSR count). The molecule has 0 saturated carbocycles. The second-order valence-electron chi connectivity index (χ2n) is 5.28. The highest BCUT2D eigenvalue weighted by molar-refractivity contribution is 7.88. The van der Waals surface area contributed by atoms with E-state index in [-0.39, 0.29) is 12.0 Å². The number of ether oxygens (including phenoxy) is 1. The SMILES string of the molecule is CCNC(=O)c1ccnc(NCC2CN(S(C)(=O)=O)CCO2)c1. The molecule has 1 aliphatic heterocycles. The standard InChI is InChI=1S/C14H22N4O4S/c1-3-15-14(19)11-4-5-16-13(8-11)17-9-12-10-18(6-7-22-12)23(2,20)21/h4-5,8,12H,3,6-7,9-10H2,1-2H3,(H,15,19)(H,16,17). The van der Waals surface area contributed by atoms with Crippen molar-refractivity contribution in [2.45, 2.75) is 13.0 Å². The van der Waals surface area contributed by atoms with Crippen LogP contribution >= 0.6 is 0 Å². The van der Waals surface area contributed by atoms with Crippen LogP contribution in [-0.4, -0.2) is 68.8 Å². The summed E-state index contributed by atoms with van der Waals surface area (Å²) in [5, 5.41) is 5.81. The third kappa shape index (κ3) is 5.15. The van der Waals surface area contributed by atoms with Gasteiger partial charge in [0, 0.05) is 37.9 Å². The monoisotopic (exact) mass is 342 g/mol. The van der Waals surface area contributed by atoms with E-state index in [0.29, 0.717) is 44.2 Å². The number of carbonyl (C=O) groups excluding carboxylic acids is 1. The molecule has 1 aliphatic rings. The zero-order chi connectivity index (χ0) is 16.9. The number of rotatable bonds is 6. The summed E-state index contributed by atoms with van der Waals surface area (Å²) in [4.78, 5) is 15.9. The van der Waals surface area contributed by atoms with Crippen LogP contribution in [0.2, 0.25) is 0 Å². The summed E-state index contributed by atoms with van der Waals surface area (Å²) < 4.78 is 30.1. The van der Waals surface area contributed by atoms with Crippen LogP contribution in [0.5, 0.6) is 0 Å². The summed E-state index contributed by atoms with van der Waals surface area (Å²) in [5.74, 6) is 0.393. The second kappa shape index (κ2) is 7.71. The second-order valence-corrected chi connectivity index (χ2v) is 7.27. The van der Waals surface area contributed by atoms with E-state index in [1.807, 2.05) is 6.92 Å². The lowest BCUT2D eigenvalue weighted by molar-refractivity contribution is 0.00700. The van der Waals surface area contributed by atoms with Crippen molar-refractivity contribution in [3.05, 3.63) is 23.9 Å². The average Bonchev–Trinajstić information content (AvgIpc) is 2.53. The molecule has 1 aromatic heterocycles. The van der Waals surface area contributed by atoms with Crippen LogP contribution in [0.4, 0.5) is 5.82 Å². The van der Waals surface area contributed by atoms with Gasteiger partial charge in [-0.1, -0.05) is 0 Å². The molecule has 0 aliphatic carbocycles. The fraction of sp³-hybridized carbons (Fsp3) is 0.571. The molecule has 0 aromatic carbocycles. The van der Waals surface area contributed by atoms with Gasteiger partial charge >= 0.3 is 0 Å². The number of sulfonamides is 1. The highest BCUT2D eigenvalue weighted by Gasteiger charge is 2.26. The van der Waals surface area contributed by atoms with E-state index in [1.165, 1.54) is 10.6 Å². The number of carbonyl (C=O) groups is 1. The fourth-order valence-corrected chi connectivity index (χ4v) is 3.11. The summed E-state index contributed by atoms with van der Waals surface area (Å²) in [5.41, 5.74) is 0.520. The van der Waals surface area contributed by atoms with Crippen LogP contribution in [0.15, 0.2) is 18.3 Å². The highest BCUT2D eigenvalue weighted by atomic mass is 32.2. The van der Waals surface area contributed by atoms with Gasteiger partial charge in [0.15, 0.2) is 0 Å². The number of nitrogens with zero attached hydrogens (tertiary/aromatic N) is 2. The molecule has 1 fully saturated rings. The molecule has 1 atom stereocenters. The van der Waals surface area contributed by atoms with Crippen molar-refractivity contribution >= 4 is 21.7 Å². The molecule has 0 spiro atoms. The first-order valence-corrected chi connectivity index (χ1v) is 9.30. The molecule has 128 valence electrons. The molecule has 0 radical (unpaired) electrons. The molecule has 8 nitrogen and oxygen atoms in total. The Morgan fingerprint density at radius 1 is 1.52 bits per heavy atom. The number of hydrogen-bond donors (Lipinski definition) is 2. The van der Waals surface area contributed by atoms with Gasteiger partial charge in [0.05, 0.1) is 19.0 Å². The Bertz CT molecular complexity index is 650. The van der Waals surface area contributed by atoms with Crippen molar-refractivity contribution in [2.75, 3.05) is 44.4 Å². The van der Waals surface area contributed by atoms with Gasteiger partial charge in [-0.15, -0.1) is 0 Å². The topological polar surface area (TPSA) is 101 Å². The van der Waals surface area contributed by atoms with Crippen LogP contribution in [-0.2, 0) is 14.8 Å². The summed E-state index contributed by atoms with van der Waals surface area (Å²) in [6.45, 7) is 3.87. The molecule has 1 saturated heterocycles. The van der Waals surface area contributed by atoms with Crippen LogP contribution in [0.1, 0.15) is 17.3 Å². The lowest BCUT2D eigenvalue weighted by Crippen LogP contribution is -2.47. The number of amides is 1. The molecule has 0 bridgehead atoms. The summed E-state index contributed by atoms with van der Waals surface area (Å²) >= 11 is 0. The minimum atomic E-state index is -3.21. The maximum Gasteiger partial charge on any atom is 0.251 e. The largest absolute Gasteiger partial charge is 0.374 e. The zero-order valence-electron chi connectivity index (χ0n) is 13.3. The third-order valence-corrected chi connectivity index (χ3v) is 4.71. The fourth-order valence-electron chi connectivity index (χ4n) is 2.27. The third-order valence-electron chi connectivity index (χ3n) is 3.44. The van der Waals surface area contributed by atoms with Crippen molar-refractivity contribution in [3.8, 4) is 0 Å². The molecule has 2 heterocycles. The van der Waals surface area contributed by atoms with Gasteiger partial charge in [-0.05, 0) is 19.1 Å². The molecule has 2 N–H and O–H groups in total. The maximum absolute atomic E-state index is 11.8. The van der Waals surface area contributed by atoms with Crippen molar-refractivity contribution in [1.82, 2.24) is 14.6 Å². The van der Waals surface area contributed by atoms with E-state index in [0.717, 1.165) is 0 Å². The Morgan fingerprint density at radius 2 is 2.30 bits per heavy atom. The van der Waals surface area contributed by atoms with Gasteiger partial charge in [0.1, 0.15) is 5.82 Å². The van der Waals surface area contributed by atoms with E-state index in [4.69, 9.17) is 4.74 Å². The number of nitrogens with one attached hydrogen (secondary N) is 2. The normalized spacial score (nSPS) is 19.3. The van der Waals surface area contributed by atoms with E-state index in [9.17, 15) is 13.2 Å². The van der Waals surface area contributed by atoms with Gasteiger partial charge in [-0.25, -0.2) is 13.4 Å². The molecule has 1 aromatic rings. The van der Waals surface area contributed by atoms with E-state index in [1.54, 1.807) is 18.3 Å². The average molecular weight is 342 g/mol. The first kappa shape index (κ1) is 17.6. The number of pyridine rings is 1. The van der Waals surface area contributed by atoms with Crippen molar-refractivity contribution in [1.29, 1.82) is 0 Å². The van der Waals surface area contributed by atoms with Gasteiger partial charge in [-0.3, -0.25) is 4.79 Å². The van der Waals surface area contributed by atoms with E-state index in [2.05, 4.69) is 15.6 Å². The van der Waals surface area contributed by atoms with Crippen LogP contribution in [0.3, 0.4) is 0 Å². The van der Waals surface area contributed by atoms with Gasteiger partial charge < -0.3 is 15.4 Å². The van der Waals surface area contributed by atoms with Gasteiger partial charge in [0.25, 0.3) is 5.91 Å². The highest BCUT2D eigenvalue weighted by Crippen LogP contribution is 2.11. The smallest absolute Gasteiger partial charge is 0.251 e. The summed E-state index contributed by atoms with van der Waals surface area (Å²) in [6.07, 6.45) is 2.49. The first-order chi connectivity index (χ1) is 10.9. The summed E-state index contributed by atoms with van der Waals surface area (Å²) in [6, 6.07) is 3.29. The van der Waals surface area contributed by atoms with Crippen LogP contribution in [0.25, 0.3) is 0 Å². The Balaban J connectivity index is 1.93. The number of morpholine rings is 1. The Hall–Kier alpha value is -1.71. The minimum absolute atomic E-state index is 0.157. The molecular weight excluding hydrogens is 320 g/mol. The van der Waals surface area contributed by atoms with Crippen LogP contribution < -0.4 is 10.6 Å². The first-order valence-electron chi connectivity index (χ1n) is 7.45.